The fourth-order valence-corrected chi connectivity index (χ4v) is 4.55. The summed E-state index contributed by atoms with van der Waals surface area (Å²) in [6.45, 7) is 1.94. The smallest absolute Gasteiger partial charge is 0.267 e. The molecule has 7 nitrogen and oxygen atoms in total. The first kappa shape index (κ1) is 19.4. The van der Waals surface area contributed by atoms with E-state index in [0.717, 1.165) is 46.8 Å². The van der Waals surface area contributed by atoms with Gasteiger partial charge in [-0.2, -0.15) is 5.10 Å². The highest BCUT2D eigenvalue weighted by Gasteiger charge is 2.25. The molecule has 3 heterocycles. The Morgan fingerprint density at radius 1 is 1.17 bits per heavy atom. The summed E-state index contributed by atoms with van der Waals surface area (Å²) in [5, 5.41) is 8.69. The highest BCUT2D eigenvalue weighted by atomic mass is 32.1. The Morgan fingerprint density at radius 2 is 1.93 bits per heavy atom. The molecule has 0 unspecified atom stereocenters. The predicted octanol–water partition coefficient (Wildman–Crippen LogP) is 2.91. The van der Waals surface area contributed by atoms with Gasteiger partial charge in [-0.25, -0.2) is 9.67 Å². The van der Waals surface area contributed by atoms with Crippen molar-refractivity contribution in [2.24, 2.45) is 0 Å². The zero-order valence-electron chi connectivity index (χ0n) is 16.2. The monoisotopic (exact) mass is 409 g/mol. The molecule has 1 saturated carbocycles. The zero-order valence-corrected chi connectivity index (χ0v) is 17.1. The van der Waals surface area contributed by atoms with Gasteiger partial charge < -0.3 is 5.32 Å². The molecule has 1 fully saturated rings. The fourth-order valence-electron chi connectivity index (χ4n) is 3.75. The average molecular weight is 410 g/mol. The van der Waals surface area contributed by atoms with Crippen LogP contribution in [0.1, 0.15) is 41.6 Å². The predicted molar refractivity (Wildman–Crippen MR) is 112 cm³/mol. The number of nitrogens with zero attached hydrogens (tertiary/aromatic N) is 4. The van der Waals surface area contributed by atoms with Crippen LogP contribution in [0.5, 0.6) is 0 Å². The number of rotatable bonds is 5. The minimum Gasteiger partial charge on any atom is -0.353 e. The quantitative estimate of drug-likeness (QED) is 0.700. The number of amides is 1. The highest BCUT2D eigenvalue weighted by molar-refractivity contribution is 7.11. The number of hydrogen-bond donors (Lipinski definition) is 1. The lowest BCUT2D eigenvalue weighted by atomic mass is 9.91. The van der Waals surface area contributed by atoms with Crippen molar-refractivity contribution < 1.29 is 4.79 Å². The van der Waals surface area contributed by atoms with Crippen LogP contribution < -0.4 is 10.9 Å². The van der Waals surface area contributed by atoms with Crippen LogP contribution in [0.25, 0.3) is 11.3 Å². The molecule has 0 saturated heterocycles. The molecule has 29 heavy (non-hydrogen) atoms. The van der Waals surface area contributed by atoms with Crippen molar-refractivity contribution in [3.05, 3.63) is 63.1 Å². The number of aryl methyl sites for hydroxylation is 1. The maximum absolute atomic E-state index is 12.4. The lowest BCUT2D eigenvalue weighted by Crippen LogP contribution is -2.40. The molecule has 8 heteroatoms. The normalized spacial score (nSPS) is 19.1. The minimum atomic E-state index is -0.0872. The van der Waals surface area contributed by atoms with Crippen molar-refractivity contribution in [2.45, 2.75) is 51.1 Å². The molecule has 3 aromatic heterocycles. The number of carbonyl (C=O) groups is 1. The highest BCUT2D eigenvalue weighted by Crippen LogP contribution is 2.27. The van der Waals surface area contributed by atoms with E-state index in [4.69, 9.17) is 0 Å². The first-order chi connectivity index (χ1) is 14.1. The van der Waals surface area contributed by atoms with E-state index in [1.807, 2.05) is 19.1 Å². The van der Waals surface area contributed by atoms with Crippen molar-refractivity contribution >= 4 is 17.2 Å². The van der Waals surface area contributed by atoms with E-state index < -0.39 is 0 Å². The van der Waals surface area contributed by atoms with Crippen LogP contribution in [0, 0.1) is 6.92 Å². The third-order valence-corrected chi connectivity index (χ3v) is 6.13. The van der Waals surface area contributed by atoms with Crippen LogP contribution in [-0.2, 0) is 11.2 Å². The fraction of sp³-hybridized carbons (Fsp3) is 0.381. The van der Waals surface area contributed by atoms with Crippen LogP contribution in [0.2, 0.25) is 0 Å². The molecule has 1 amide bonds. The molecule has 0 atom stereocenters. The third-order valence-electron chi connectivity index (χ3n) is 5.21. The minimum absolute atomic E-state index is 0.0343. The Morgan fingerprint density at radius 3 is 2.62 bits per heavy atom. The second-order valence-corrected chi connectivity index (χ2v) is 8.65. The zero-order chi connectivity index (χ0) is 20.2. The molecule has 4 rings (SSSR count). The van der Waals surface area contributed by atoms with E-state index in [-0.39, 0.29) is 23.6 Å². The van der Waals surface area contributed by atoms with Crippen molar-refractivity contribution in [2.75, 3.05) is 0 Å². The van der Waals surface area contributed by atoms with Crippen LogP contribution >= 0.6 is 11.3 Å². The number of aromatic nitrogens is 4. The van der Waals surface area contributed by atoms with Crippen molar-refractivity contribution in [1.82, 2.24) is 25.1 Å². The van der Waals surface area contributed by atoms with Crippen LogP contribution in [0.3, 0.4) is 0 Å². The lowest BCUT2D eigenvalue weighted by Gasteiger charge is -2.29. The van der Waals surface area contributed by atoms with Crippen LogP contribution in [-0.4, -0.2) is 31.7 Å². The molecular weight excluding hydrogens is 386 g/mol. The van der Waals surface area contributed by atoms with E-state index in [9.17, 15) is 9.59 Å². The van der Waals surface area contributed by atoms with Gasteiger partial charge in [-0.3, -0.25) is 14.6 Å². The Kier molecular flexibility index (Phi) is 5.80. The number of carbonyl (C=O) groups excluding carboxylic acids is 1. The van der Waals surface area contributed by atoms with Gasteiger partial charge in [0.1, 0.15) is 0 Å². The second-order valence-electron chi connectivity index (χ2n) is 7.33. The van der Waals surface area contributed by atoms with E-state index >= 15 is 0 Å². The molecule has 0 radical (unpaired) electrons. The molecule has 0 bridgehead atoms. The summed E-state index contributed by atoms with van der Waals surface area (Å²) in [5.41, 5.74) is 1.62. The van der Waals surface area contributed by atoms with E-state index in [2.05, 4.69) is 20.4 Å². The van der Waals surface area contributed by atoms with Gasteiger partial charge in [-0.1, -0.05) is 0 Å². The van der Waals surface area contributed by atoms with Crippen molar-refractivity contribution in [1.29, 1.82) is 0 Å². The number of thiazole rings is 1. The topological polar surface area (TPSA) is 89.8 Å². The average Bonchev–Trinajstić information content (AvgIpc) is 3.14. The van der Waals surface area contributed by atoms with Gasteiger partial charge in [0.15, 0.2) is 0 Å². The van der Waals surface area contributed by atoms with Gasteiger partial charge in [0.05, 0.1) is 23.2 Å². The SMILES string of the molecule is Cc1ncc(CC(=O)NC2CCC(n3nc(-c4ccncc4)ccc3=O)CC2)s1. The summed E-state index contributed by atoms with van der Waals surface area (Å²) in [7, 11) is 0. The molecule has 1 aliphatic rings. The molecule has 1 aliphatic carbocycles. The van der Waals surface area contributed by atoms with Crippen LogP contribution in [0.4, 0.5) is 0 Å². The molecule has 0 aliphatic heterocycles. The number of nitrogens with one attached hydrogen (secondary N) is 1. The summed E-state index contributed by atoms with van der Waals surface area (Å²) < 4.78 is 1.61. The lowest BCUT2D eigenvalue weighted by molar-refractivity contribution is -0.121. The Labute approximate surface area is 172 Å². The van der Waals surface area contributed by atoms with Crippen molar-refractivity contribution in [3.8, 4) is 11.3 Å². The maximum atomic E-state index is 12.4. The summed E-state index contributed by atoms with van der Waals surface area (Å²) in [5.74, 6) is 0.0343. The standard InChI is InChI=1S/C21H23N5O2S/c1-14-23-13-18(29-14)12-20(27)24-16-2-4-17(5-3-16)26-21(28)7-6-19(25-26)15-8-10-22-11-9-15/h6-11,13,16-17H,2-5,12H2,1H3,(H,24,27). The first-order valence-corrected chi connectivity index (χ1v) is 10.6. The molecular formula is C21H23N5O2S. The van der Waals surface area contributed by atoms with Gasteiger partial charge in [-0.05, 0) is 50.8 Å². The molecule has 3 aromatic rings. The maximum Gasteiger partial charge on any atom is 0.267 e. The number of pyridine rings is 1. The molecule has 0 aromatic carbocycles. The largest absolute Gasteiger partial charge is 0.353 e. The summed E-state index contributed by atoms with van der Waals surface area (Å²) >= 11 is 1.55. The van der Waals surface area contributed by atoms with Crippen molar-refractivity contribution in [3.63, 3.8) is 0 Å². The number of hydrogen-bond acceptors (Lipinski definition) is 6. The Hall–Kier alpha value is -2.87. The van der Waals surface area contributed by atoms with Gasteiger partial charge in [0.25, 0.3) is 5.56 Å². The molecule has 1 N–H and O–H groups in total. The summed E-state index contributed by atoms with van der Waals surface area (Å²) in [6.07, 6.45) is 8.89. The first-order valence-electron chi connectivity index (χ1n) is 9.79. The summed E-state index contributed by atoms with van der Waals surface area (Å²) in [4.78, 5) is 33.9. The second kappa shape index (κ2) is 8.65. The van der Waals surface area contributed by atoms with E-state index in [1.165, 1.54) is 0 Å². The third kappa shape index (κ3) is 4.76. The molecule has 150 valence electrons. The van der Waals surface area contributed by atoms with Gasteiger partial charge in [0, 0.05) is 41.1 Å². The molecule has 0 spiro atoms. The van der Waals surface area contributed by atoms with E-state index in [1.54, 1.807) is 46.7 Å². The van der Waals surface area contributed by atoms with Gasteiger partial charge >= 0.3 is 0 Å². The van der Waals surface area contributed by atoms with E-state index in [0.29, 0.717) is 6.42 Å². The Bertz CT molecular complexity index is 1040. The summed E-state index contributed by atoms with van der Waals surface area (Å²) in [6, 6.07) is 7.30. The Balaban J connectivity index is 1.37. The van der Waals surface area contributed by atoms with Gasteiger partial charge in [0.2, 0.25) is 5.91 Å². The van der Waals surface area contributed by atoms with Gasteiger partial charge in [-0.15, -0.1) is 11.3 Å². The van der Waals surface area contributed by atoms with Crippen LogP contribution in [0.15, 0.2) is 47.7 Å².